The van der Waals surface area contributed by atoms with Crippen molar-refractivity contribution in [2.24, 2.45) is 0 Å². The molecule has 0 atom stereocenters. The molecule has 4 nitrogen and oxygen atoms in total. The summed E-state index contributed by atoms with van der Waals surface area (Å²) in [6.45, 7) is -3.11. The van der Waals surface area contributed by atoms with Crippen molar-refractivity contribution in [1.82, 2.24) is 0 Å². The number of hydrogen-bond donors (Lipinski definition) is 1. The molecule has 0 heterocycles. The third-order valence-corrected chi connectivity index (χ3v) is 2.04. The largest absolute Gasteiger partial charge is 0.465 e. The highest BCUT2D eigenvalue weighted by atomic mass is 35.5. The Kier molecular flexibility index (Phi) is 3.89. The van der Waals surface area contributed by atoms with E-state index >= 15 is 0 Å². The second kappa shape index (κ2) is 4.98. The molecular formula is C9H8ClF2NO3. The number of nitrogens with two attached hydrogens (primary N) is 1. The van der Waals surface area contributed by atoms with Crippen molar-refractivity contribution in [2.45, 2.75) is 6.61 Å². The lowest BCUT2D eigenvalue weighted by Crippen LogP contribution is -2.12. The number of hydrogen-bond acceptors (Lipinski definition) is 4. The minimum Gasteiger partial charge on any atom is -0.465 e. The Morgan fingerprint density at radius 3 is 2.62 bits per heavy atom. The van der Waals surface area contributed by atoms with E-state index in [-0.39, 0.29) is 16.3 Å². The summed E-state index contributed by atoms with van der Waals surface area (Å²) in [5.41, 5.74) is 5.10. The van der Waals surface area contributed by atoms with Gasteiger partial charge in [0.25, 0.3) is 0 Å². The summed E-state index contributed by atoms with van der Waals surface area (Å²) in [5.74, 6) is -1.38. The fourth-order valence-corrected chi connectivity index (χ4v) is 1.29. The van der Waals surface area contributed by atoms with Gasteiger partial charge in [-0.15, -0.1) is 0 Å². The smallest absolute Gasteiger partial charge is 0.387 e. The lowest BCUT2D eigenvalue weighted by atomic mass is 10.1. The lowest BCUT2D eigenvalue weighted by Gasteiger charge is -2.12. The van der Waals surface area contributed by atoms with Crippen LogP contribution >= 0.6 is 11.6 Å². The molecular weight excluding hydrogens is 244 g/mol. The van der Waals surface area contributed by atoms with E-state index in [9.17, 15) is 13.6 Å². The van der Waals surface area contributed by atoms with Crippen LogP contribution in [0.3, 0.4) is 0 Å². The number of esters is 1. The van der Waals surface area contributed by atoms with Gasteiger partial charge in [0.15, 0.2) is 5.75 Å². The summed E-state index contributed by atoms with van der Waals surface area (Å²) < 4.78 is 32.7. The molecule has 1 rings (SSSR count). The molecule has 16 heavy (non-hydrogen) atoms. The molecule has 88 valence electrons. The number of carbonyl (C=O) groups excluding carboxylic acids is 1. The third-order valence-electron chi connectivity index (χ3n) is 1.74. The number of anilines is 1. The zero-order valence-corrected chi connectivity index (χ0v) is 8.92. The van der Waals surface area contributed by atoms with Gasteiger partial charge in [-0.05, 0) is 12.1 Å². The molecule has 1 aromatic rings. The zero-order valence-electron chi connectivity index (χ0n) is 8.17. The first-order valence-corrected chi connectivity index (χ1v) is 4.46. The van der Waals surface area contributed by atoms with Gasteiger partial charge in [-0.2, -0.15) is 8.78 Å². The molecule has 0 amide bonds. The van der Waals surface area contributed by atoms with Crippen LogP contribution in [-0.2, 0) is 4.74 Å². The summed E-state index contributed by atoms with van der Waals surface area (Å²) in [6.07, 6.45) is 0. The highest BCUT2D eigenvalue weighted by Crippen LogP contribution is 2.34. The van der Waals surface area contributed by atoms with Crippen molar-refractivity contribution in [1.29, 1.82) is 0 Å². The molecule has 0 spiro atoms. The van der Waals surface area contributed by atoms with Crippen LogP contribution in [0.15, 0.2) is 12.1 Å². The topological polar surface area (TPSA) is 61.5 Å². The second-order valence-electron chi connectivity index (χ2n) is 2.71. The van der Waals surface area contributed by atoms with Gasteiger partial charge in [0.2, 0.25) is 0 Å². The molecule has 0 radical (unpaired) electrons. The van der Waals surface area contributed by atoms with Crippen molar-refractivity contribution < 1.29 is 23.0 Å². The van der Waals surface area contributed by atoms with Crippen molar-refractivity contribution in [3.63, 3.8) is 0 Å². The standard InChI is InChI=1S/C9H8ClF2NO3/c1-15-8(14)6-5(13)3-2-4(10)7(6)16-9(11)12/h2-3,9H,13H2,1H3. The Morgan fingerprint density at radius 2 is 2.12 bits per heavy atom. The van der Waals surface area contributed by atoms with Crippen LogP contribution in [0.4, 0.5) is 14.5 Å². The predicted molar refractivity (Wildman–Crippen MR) is 53.8 cm³/mol. The second-order valence-corrected chi connectivity index (χ2v) is 3.12. The summed E-state index contributed by atoms with van der Waals surface area (Å²) in [6, 6.07) is 2.55. The number of halogens is 3. The average Bonchev–Trinajstić information content (AvgIpc) is 2.22. The number of rotatable bonds is 3. The summed E-state index contributed by atoms with van der Waals surface area (Å²) >= 11 is 5.62. The van der Waals surface area contributed by atoms with Gasteiger partial charge in [-0.1, -0.05) is 11.6 Å². The van der Waals surface area contributed by atoms with E-state index in [1.54, 1.807) is 0 Å². The van der Waals surface area contributed by atoms with Crippen molar-refractivity contribution >= 4 is 23.3 Å². The molecule has 0 saturated carbocycles. The van der Waals surface area contributed by atoms with Gasteiger partial charge < -0.3 is 15.2 Å². The van der Waals surface area contributed by atoms with Gasteiger partial charge >= 0.3 is 12.6 Å². The number of methoxy groups -OCH3 is 1. The number of carbonyl (C=O) groups is 1. The summed E-state index contributed by atoms with van der Waals surface area (Å²) in [4.78, 5) is 11.3. The predicted octanol–water partition coefficient (Wildman–Crippen LogP) is 2.31. The van der Waals surface area contributed by atoms with Gasteiger partial charge in [-0.3, -0.25) is 0 Å². The van der Waals surface area contributed by atoms with E-state index in [1.165, 1.54) is 12.1 Å². The quantitative estimate of drug-likeness (QED) is 0.661. The van der Waals surface area contributed by atoms with Crippen LogP contribution in [0.1, 0.15) is 10.4 Å². The van der Waals surface area contributed by atoms with Gasteiger partial charge in [0.1, 0.15) is 5.56 Å². The van der Waals surface area contributed by atoms with Crippen LogP contribution in [0.5, 0.6) is 5.75 Å². The molecule has 2 N–H and O–H groups in total. The lowest BCUT2D eigenvalue weighted by molar-refractivity contribution is -0.0502. The maximum atomic E-state index is 12.1. The molecule has 0 aromatic heterocycles. The Hall–Kier alpha value is -1.56. The Balaban J connectivity index is 3.31. The summed E-state index contributed by atoms with van der Waals surface area (Å²) in [7, 11) is 1.09. The van der Waals surface area contributed by atoms with Crippen molar-refractivity contribution in [2.75, 3.05) is 12.8 Å². The molecule has 0 bridgehead atoms. The number of alkyl halides is 2. The van der Waals surface area contributed by atoms with Crippen LogP contribution in [-0.4, -0.2) is 19.7 Å². The van der Waals surface area contributed by atoms with E-state index in [1.807, 2.05) is 0 Å². The fraction of sp³-hybridized carbons (Fsp3) is 0.222. The zero-order chi connectivity index (χ0) is 12.3. The minimum absolute atomic E-state index is 0.0492. The van der Waals surface area contributed by atoms with Crippen LogP contribution < -0.4 is 10.5 Å². The van der Waals surface area contributed by atoms with Gasteiger partial charge in [0, 0.05) is 0 Å². The van der Waals surface area contributed by atoms with E-state index in [0.717, 1.165) is 7.11 Å². The van der Waals surface area contributed by atoms with Gasteiger partial charge in [0.05, 0.1) is 17.8 Å². The first-order chi connectivity index (χ1) is 7.47. The van der Waals surface area contributed by atoms with Crippen LogP contribution in [0, 0.1) is 0 Å². The maximum absolute atomic E-state index is 12.1. The van der Waals surface area contributed by atoms with Gasteiger partial charge in [-0.25, -0.2) is 4.79 Å². The van der Waals surface area contributed by atoms with Crippen molar-refractivity contribution in [3.05, 3.63) is 22.7 Å². The average molecular weight is 252 g/mol. The first kappa shape index (κ1) is 12.5. The first-order valence-electron chi connectivity index (χ1n) is 4.08. The SMILES string of the molecule is COC(=O)c1c(N)ccc(Cl)c1OC(F)F. The minimum atomic E-state index is -3.11. The van der Waals surface area contributed by atoms with Crippen molar-refractivity contribution in [3.8, 4) is 5.75 Å². The van der Waals surface area contributed by atoms with E-state index in [0.29, 0.717) is 0 Å². The van der Waals surface area contributed by atoms with Crippen LogP contribution in [0.2, 0.25) is 5.02 Å². The Morgan fingerprint density at radius 1 is 1.50 bits per heavy atom. The monoisotopic (exact) mass is 251 g/mol. The summed E-state index contributed by atoms with van der Waals surface area (Å²) in [5, 5.41) is -0.144. The third kappa shape index (κ3) is 2.52. The molecule has 0 fully saturated rings. The number of ether oxygens (including phenoxy) is 2. The molecule has 7 heteroatoms. The Labute approximate surface area is 94.9 Å². The molecule has 1 aromatic carbocycles. The number of benzene rings is 1. The molecule has 0 aliphatic heterocycles. The molecule has 0 unspecified atom stereocenters. The fourth-order valence-electron chi connectivity index (χ4n) is 1.09. The van der Waals surface area contributed by atoms with E-state index in [2.05, 4.69) is 9.47 Å². The highest BCUT2D eigenvalue weighted by molar-refractivity contribution is 6.33. The molecule has 0 aliphatic carbocycles. The Bertz CT molecular complexity index is 412. The number of nitrogen functional groups attached to an aromatic ring is 1. The normalized spacial score (nSPS) is 10.3. The van der Waals surface area contributed by atoms with E-state index < -0.39 is 18.3 Å². The van der Waals surface area contributed by atoms with E-state index in [4.69, 9.17) is 17.3 Å². The highest BCUT2D eigenvalue weighted by Gasteiger charge is 2.22. The molecule has 0 aliphatic rings. The maximum Gasteiger partial charge on any atom is 0.387 e. The molecule has 0 saturated heterocycles. The van der Waals surface area contributed by atoms with Crippen LogP contribution in [0.25, 0.3) is 0 Å².